The number of imidazole rings is 1. The molecule has 72 valence electrons. The predicted octanol–water partition coefficient (Wildman–Crippen LogP) is 1.12. The van der Waals surface area contributed by atoms with E-state index in [4.69, 9.17) is 5.11 Å². The molecule has 0 saturated carbocycles. The lowest BCUT2D eigenvalue weighted by Crippen LogP contribution is -2.04. The van der Waals surface area contributed by atoms with Crippen molar-refractivity contribution >= 4 is 33.1 Å². The molecule has 2 N–H and O–H groups in total. The molecule has 0 bridgehead atoms. The predicted molar refractivity (Wildman–Crippen MR) is 51.1 cm³/mol. The number of H-pyrrole nitrogens is 1. The van der Waals surface area contributed by atoms with Crippen LogP contribution in [0.1, 0.15) is 16.4 Å². The molecule has 0 unspecified atom stereocenters. The van der Waals surface area contributed by atoms with E-state index in [0.29, 0.717) is 21.6 Å². The van der Waals surface area contributed by atoms with Gasteiger partial charge < -0.3 is 10.1 Å². The van der Waals surface area contributed by atoms with Crippen molar-refractivity contribution in [3.8, 4) is 0 Å². The van der Waals surface area contributed by atoms with Gasteiger partial charge in [0, 0.05) is 0 Å². The molecule has 0 spiro atoms. The zero-order chi connectivity index (χ0) is 10.3. The van der Waals surface area contributed by atoms with Gasteiger partial charge in [0.05, 0.1) is 0 Å². The van der Waals surface area contributed by atoms with E-state index >= 15 is 0 Å². The normalized spacial score (nSPS) is 10.7. The Labute approximate surface area is 86.5 Å². The van der Waals surface area contributed by atoms with Crippen LogP contribution in [0.2, 0.25) is 0 Å². The number of rotatable bonds is 1. The summed E-state index contributed by atoms with van der Waals surface area (Å²) in [4.78, 5) is 25.1. The van der Waals surface area contributed by atoms with Gasteiger partial charge in [-0.25, -0.2) is 19.7 Å². The molecule has 0 amide bonds. The van der Waals surface area contributed by atoms with Crippen molar-refractivity contribution < 1.29 is 9.90 Å². The van der Waals surface area contributed by atoms with Gasteiger partial charge in [-0.2, -0.15) is 0 Å². The van der Waals surface area contributed by atoms with Gasteiger partial charge in [0.2, 0.25) is 5.82 Å². The number of hydrogen-bond acceptors (Lipinski definition) is 4. The smallest absolute Gasteiger partial charge is 0.374 e. The quantitative estimate of drug-likeness (QED) is 0.747. The van der Waals surface area contributed by atoms with Crippen LogP contribution < -0.4 is 0 Å². The lowest BCUT2D eigenvalue weighted by molar-refractivity contribution is 0.0683. The van der Waals surface area contributed by atoms with Crippen molar-refractivity contribution in [1.29, 1.82) is 0 Å². The Kier molecular flexibility index (Phi) is 1.95. The van der Waals surface area contributed by atoms with Crippen molar-refractivity contribution in [2.75, 3.05) is 0 Å². The largest absolute Gasteiger partial charge is 0.475 e. The average molecular weight is 257 g/mol. The van der Waals surface area contributed by atoms with Crippen LogP contribution >= 0.6 is 15.9 Å². The maximum absolute atomic E-state index is 10.6. The molecule has 0 saturated heterocycles. The number of fused-ring (bicyclic) bond motifs is 1. The fourth-order valence-corrected chi connectivity index (χ4v) is 1.52. The van der Waals surface area contributed by atoms with Crippen LogP contribution in [0.3, 0.4) is 0 Å². The number of aryl methyl sites for hydroxylation is 1. The number of carbonyl (C=O) groups is 1. The molecule has 0 aliphatic heterocycles. The van der Waals surface area contributed by atoms with E-state index < -0.39 is 5.97 Å². The molecule has 0 fully saturated rings. The molecule has 7 heteroatoms. The number of carboxylic acid groups (broad SMARTS) is 1. The number of nitrogens with one attached hydrogen (secondary N) is 1. The van der Waals surface area contributed by atoms with Crippen LogP contribution in [-0.2, 0) is 0 Å². The van der Waals surface area contributed by atoms with Crippen molar-refractivity contribution in [2.24, 2.45) is 0 Å². The SMILES string of the molecule is Cc1nc2nc(C(=O)O)nc(Br)c2[nH]1. The van der Waals surface area contributed by atoms with E-state index in [0.717, 1.165) is 0 Å². The van der Waals surface area contributed by atoms with Crippen LogP contribution in [0.25, 0.3) is 11.2 Å². The van der Waals surface area contributed by atoms with Crippen molar-refractivity contribution in [2.45, 2.75) is 6.92 Å². The first-order valence-electron chi connectivity index (χ1n) is 3.71. The Hall–Kier alpha value is -1.50. The summed E-state index contributed by atoms with van der Waals surface area (Å²) in [5.74, 6) is -0.776. The minimum atomic E-state index is -1.17. The number of hydrogen-bond donors (Lipinski definition) is 2. The summed E-state index contributed by atoms with van der Waals surface area (Å²) >= 11 is 3.14. The second kappa shape index (κ2) is 3.02. The highest BCUT2D eigenvalue weighted by molar-refractivity contribution is 9.10. The summed E-state index contributed by atoms with van der Waals surface area (Å²) in [6.45, 7) is 1.76. The van der Waals surface area contributed by atoms with E-state index in [2.05, 4.69) is 35.9 Å². The molecule has 2 heterocycles. The summed E-state index contributed by atoms with van der Waals surface area (Å²) in [5.41, 5.74) is 0.953. The summed E-state index contributed by atoms with van der Waals surface area (Å²) in [6.07, 6.45) is 0. The standard InChI is InChI=1S/C7H5BrN4O2/c1-2-9-3-4(8)11-6(7(13)14)12-5(3)10-2/h1H3,(H,13,14)(H,9,10,11,12). The van der Waals surface area contributed by atoms with Gasteiger partial charge in [-0.05, 0) is 22.9 Å². The summed E-state index contributed by atoms with van der Waals surface area (Å²) in [7, 11) is 0. The molecule has 2 aromatic rings. The number of nitrogens with zero attached hydrogens (tertiary/aromatic N) is 3. The Morgan fingerprint density at radius 3 is 2.79 bits per heavy atom. The van der Waals surface area contributed by atoms with Gasteiger partial charge in [-0.15, -0.1) is 0 Å². The van der Waals surface area contributed by atoms with Gasteiger partial charge in [0.25, 0.3) is 0 Å². The molecular weight excluding hydrogens is 252 g/mol. The molecule has 2 aromatic heterocycles. The van der Waals surface area contributed by atoms with E-state index in [-0.39, 0.29) is 5.82 Å². The highest BCUT2D eigenvalue weighted by Crippen LogP contribution is 2.18. The van der Waals surface area contributed by atoms with E-state index in [9.17, 15) is 4.79 Å². The Bertz CT molecular complexity index is 522. The van der Waals surface area contributed by atoms with E-state index in [1.807, 2.05) is 0 Å². The molecule has 14 heavy (non-hydrogen) atoms. The molecule has 0 atom stereocenters. The number of halogens is 1. The third-order valence-corrected chi connectivity index (χ3v) is 2.19. The second-order valence-corrected chi connectivity index (χ2v) is 3.42. The van der Waals surface area contributed by atoms with Crippen molar-refractivity contribution in [3.63, 3.8) is 0 Å². The molecule has 6 nitrogen and oxygen atoms in total. The van der Waals surface area contributed by atoms with Crippen molar-refractivity contribution in [1.82, 2.24) is 19.9 Å². The van der Waals surface area contributed by atoms with Crippen LogP contribution in [0.15, 0.2) is 4.60 Å². The van der Waals surface area contributed by atoms with Gasteiger partial charge in [-0.3, -0.25) is 0 Å². The molecule has 2 rings (SSSR count). The third-order valence-electron chi connectivity index (χ3n) is 1.62. The molecular formula is C7H5BrN4O2. The van der Waals surface area contributed by atoms with Gasteiger partial charge >= 0.3 is 5.97 Å². The zero-order valence-corrected chi connectivity index (χ0v) is 8.66. The number of aromatic nitrogens is 4. The molecule has 0 aromatic carbocycles. The average Bonchev–Trinajstić information content (AvgIpc) is 2.45. The first-order chi connectivity index (χ1) is 6.58. The van der Waals surface area contributed by atoms with Crippen LogP contribution in [0.4, 0.5) is 0 Å². The Balaban J connectivity index is 2.77. The van der Waals surface area contributed by atoms with Gasteiger partial charge in [0.15, 0.2) is 5.65 Å². The van der Waals surface area contributed by atoms with E-state index in [1.54, 1.807) is 6.92 Å². The zero-order valence-electron chi connectivity index (χ0n) is 7.08. The van der Waals surface area contributed by atoms with Crippen LogP contribution in [-0.4, -0.2) is 31.0 Å². The topological polar surface area (TPSA) is 91.8 Å². The summed E-state index contributed by atoms with van der Waals surface area (Å²) < 4.78 is 0.403. The van der Waals surface area contributed by atoms with Gasteiger partial charge in [-0.1, -0.05) is 0 Å². The van der Waals surface area contributed by atoms with Gasteiger partial charge in [0.1, 0.15) is 15.9 Å². The number of aromatic amines is 1. The number of aromatic carboxylic acids is 1. The second-order valence-electron chi connectivity index (χ2n) is 2.66. The summed E-state index contributed by atoms with van der Waals surface area (Å²) in [5, 5.41) is 8.69. The first kappa shape index (κ1) is 9.07. The maximum Gasteiger partial charge on any atom is 0.374 e. The fraction of sp³-hybridized carbons (Fsp3) is 0.143. The highest BCUT2D eigenvalue weighted by atomic mass is 79.9. The highest BCUT2D eigenvalue weighted by Gasteiger charge is 2.13. The first-order valence-corrected chi connectivity index (χ1v) is 4.50. The maximum atomic E-state index is 10.6. The Morgan fingerprint density at radius 1 is 1.43 bits per heavy atom. The monoisotopic (exact) mass is 256 g/mol. The third kappa shape index (κ3) is 1.35. The summed E-state index contributed by atoms with van der Waals surface area (Å²) in [6, 6.07) is 0. The van der Waals surface area contributed by atoms with E-state index in [1.165, 1.54) is 0 Å². The molecule has 0 radical (unpaired) electrons. The van der Waals surface area contributed by atoms with Crippen molar-refractivity contribution in [3.05, 3.63) is 16.3 Å². The lowest BCUT2D eigenvalue weighted by atomic mass is 10.5. The molecule has 0 aliphatic rings. The number of carboxylic acids is 1. The van der Waals surface area contributed by atoms with Crippen LogP contribution in [0, 0.1) is 6.92 Å². The minimum absolute atomic E-state index is 0.268. The fourth-order valence-electron chi connectivity index (χ4n) is 1.07. The lowest BCUT2D eigenvalue weighted by Gasteiger charge is -1.94. The minimum Gasteiger partial charge on any atom is -0.475 e. The molecule has 0 aliphatic carbocycles. The van der Waals surface area contributed by atoms with Crippen LogP contribution in [0.5, 0.6) is 0 Å². The Morgan fingerprint density at radius 2 is 2.14 bits per heavy atom.